The summed E-state index contributed by atoms with van der Waals surface area (Å²) in [5, 5.41) is 21.7. The molecular formula is C28H32FN7O3. The molecule has 1 amide bonds. The van der Waals surface area contributed by atoms with E-state index in [1.807, 2.05) is 6.07 Å². The van der Waals surface area contributed by atoms with E-state index in [1.165, 1.54) is 10.7 Å². The molecule has 2 aromatic carbocycles. The Kier molecular flexibility index (Phi) is 6.56. The number of aromatic nitrogens is 4. The van der Waals surface area contributed by atoms with Gasteiger partial charge in [0, 0.05) is 73.2 Å². The molecule has 3 heterocycles. The molecule has 11 heteroatoms. The second-order valence-corrected chi connectivity index (χ2v) is 10.8. The number of aliphatic hydroxyl groups is 1. The lowest BCUT2D eigenvalue weighted by Gasteiger charge is -2.38. The molecule has 10 nitrogen and oxygen atoms in total. The third kappa shape index (κ3) is 5.11. The topological polar surface area (TPSA) is 117 Å². The molecule has 1 saturated heterocycles. The van der Waals surface area contributed by atoms with Gasteiger partial charge in [-0.05, 0) is 51.0 Å². The number of fused-ring (bicyclic) bond motifs is 2. The van der Waals surface area contributed by atoms with Crippen LogP contribution in [0.25, 0.3) is 21.8 Å². The highest BCUT2D eigenvalue weighted by atomic mass is 19.1. The summed E-state index contributed by atoms with van der Waals surface area (Å²) >= 11 is 0. The van der Waals surface area contributed by atoms with Crippen molar-refractivity contribution in [2.45, 2.75) is 57.4 Å². The van der Waals surface area contributed by atoms with Crippen LogP contribution in [-0.4, -0.2) is 68.1 Å². The molecule has 1 aliphatic carbocycles. The van der Waals surface area contributed by atoms with Crippen molar-refractivity contribution in [1.82, 2.24) is 25.1 Å². The molecule has 2 aromatic heterocycles. The molecule has 3 N–H and O–H groups in total. The van der Waals surface area contributed by atoms with Gasteiger partial charge in [0.1, 0.15) is 11.6 Å². The van der Waals surface area contributed by atoms with E-state index < -0.39 is 17.8 Å². The number of ether oxygens (including phenoxy) is 1. The Labute approximate surface area is 225 Å². The Bertz CT molecular complexity index is 1550. The Morgan fingerprint density at radius 3 is 2.72 bits per heavy atom. The predicted molar refractivity (Wildman–Crippen MR) is 147 cm³/mol. The number of benzene rings is 2. The van der Waals surface area contributed by atoms with Gasteiger partial charge in [0.2, 0.25) is 0 Å². The maximum absolute atomic E-state index is 14.7. The third-order valence-electron chi connectivity index (χ3n) is 7.41. The Morgan fingerprint density at radius 1 is 1.18 bits per heavy atom. The highest BCUT2D eigenvalue weighted by molar-refractivity contribution is 6.14. The van der Waals surface area contributed by atoms with E-state index in [1.54, 1.807) is 31.6 Å². The summed E-state index contributed by atoms with van der Waals surface area (Å²) in [6, 6.07) is 7.38. The largest absolute Gasteiger partial charge is 0.460 e. The van der Waals surface area contributed by atoms with Crippen LogP contribution in [0.15, 0.2) is 36.7 Å². The van der Waals surface area contributed by atoms with Gasteiger partial charge in [-0.25, -0.2) is 9.37 Å². The van der Waals surface area contributed by atoms with E-state index in [0.717, 1.165) is 30.6 Å². The van der Waals surface area contributed by atoms with Crippen molar-refractivity contribution < 1.29 is 19.0 Å². The number of aryl methyl sites for hydroxylation is 1. The lowest BCUT2D eigenvalue weighted by molar-refractivity contribution is 0.102. The zero-order chi connectivity index (χ0) is 27.3. The summed E-state index contributed by atoms with van der Waals surface area (Å²) in [5.74, 6) is -0.931. The summed E-state index contributed by atoms with van der Waals surface area (Å²) in [5.41, 5.74) is 2.29. The number of rotatable bonds is 5. The minimum absolute atomic E-state index is 0.165. The molecule has 2 aliphatic rings. The molecule has 4 atom stereocenters. The molecule has 0 bridgehead atoms. The van der Waals surface area contributed by atoms with Crippen LogP contribution in [0.4, 0.5) is 15.8 Å². The summed E-state index contributed by atoms with van der Waals surface area (Å²) in [6.07, 6.45) is 4.74. The van der Waals surface area contributed by atoms with Gasteiger partial charge in [-0.1, -0.05) is 0 Å². The second kappa shape index (κ2) is 10.0. The number of nitrogens with one attached hydrogen (secondary N) is 2. The van der Waals surface area contributed by atoms with Crippen LogP contribution in [0.1, 0.15) is 43.5 Å². The third-order valence-corrected chi connectivity index (χ3v) is 7.41. The first-order valence-corrected chi connectivity index (χ1v) is 13.3. The van der Waals surface area contributed by atoms with Crippen LogP contribution in [0.5, 0.6) is 6.01 Å². The number of hydrogen-bond acceptors (Lipinski definition) is 8. The quantitative estimate of drug-likeness (QED) is 0.358. The van der Waals surface area contributed by atoms with Crippen LogP contribution in [-0.2, 0) is 7.05 Å². The van der Waals surface area contributed by atoms with Crippen molar-refractivity contribution in [3.8, 4) is 6.01 Å². The van der Waals surface area contributed by atoms with E-state index in [4.69, 9.17) is 4.74 Å². The van der Waals surface area contributed by atoms with Crippen LogP contribution in [0, 0.1) is 5.82 Å². The molecule has 2 unspecified atom stereocenters. The van der Waals surface area contributed by atoms with E-state index in [-0.39, 0.29) is 17.6 Å². The molecule has 0 spiro atoms. The number of aliphatic hydroxyl groups excluding tert-OH is 1. The monoisotopic (exact) mass is 533 g/mol. The molecule has 0 radical (unpaired) electrons. The molecule has 204 valence electrons. The fourth-order valence-electron chi connectivity index (χ4n) is 5.78. The number of carbonyl (C=O) groups excluding carboxylic acids is 1. The van der Waals surface area contributed by atoms with Gasteiger partial charge in [0.25, 0.3) is 5.91 Å². The molecule has 2 fully saturated rings. The number of hydrogen-bond donors (Lipinski definition) is 3. The molecular weight excluding hydrogens is 501 g/mol. The van der Waals surface area contributed by atoms with Crippen molar-refractivity contribution in [3.63, 3.8) is 0 Å². The predicted octanol–water partition coefficient (Wildman–Crippen LogP) is 3.39. The van der Waals surface area contributed by atoms with Crippen LogP contribution >= 0.6 is 0 Å². The standard InChI is InChI=1S/C28H32FN7O3/c1-15-12-36(13-16(2)31-15)24-7-6-21(26-22(24)11-30-28(33-26)39-20-5-4-19(37)10-20)27(38)32-18-8-17-14-35(3)34-25(17)23(29)9-18/h6-9,11,14-16,19-20,31,37H,4-5,10,12-13H2,1-3H3,(H,32,38)/t15-,16-,19?,20?/m0/s1. The smallest absolute Gasteiger partial charge is 0.317 e. The molecule has 6 rings (SSSR count). The first-order chi connectivity index (χ1) is 18.7. The molecule has 4 aromatic rings. The van der Waals surface area contributed by atoms with E-state index in [9.17, 15) is 14.3 Å². The minimum atomic E-state index is -0.512. The van der Waals surface area contributed by atoms with E-state index in [0.29, 0.717) is 47.1 Å². The minimum Gasteiger partial charge on any atom is -0.460 e. The van der Waals surface area contributed by atoms with E-state index in [2.05, 4.69) is 44.4 Å². The highest BCUT2D eigenvalue weighted by Gasteiger charge is 2.27. The second-order valence-electron chi connectivity index (χ2n) is 10.8. The first kappa shape index (κ1) is 25.4. The molecule has 1 aliphatic heterocycles. The summed E-state index contributed by atoms with van der Waals surface area (Å²) in [4.78, 5) is 25.0. The van der Waals surface area contributed by atoms with Crippen molar-refractivity contribution >= 4 is 39.1 Å². The number of halogens is 1. The lowest BCUT2D eigenvalue weighted by Crippen LogP contribution is -2.54. The highest BCUT2D eigenvalue weighted by Crippen LogP contribution is 2.32. The van der Waals surface area contributed by atoms with E-state index >= 15 is 0 Å². The maximum atomic E-state index is 14.7. The first-order valence-electron chi connectivity index (χ1n) is 13.3. The van der Waals surface area contributed by atoms with Gasteiger partial charge in [-0.3, -0.25) is 9.48 Å². The lowest BCUT2D eigenvalue weighted by atomic mass is 10.0. The van der Waals surface area contributed by atoms with Crippen molar-refractivity contribution in [1.29, 1.82) is 0 Å². The average Bonchev–Trinajstić information content (AvgIpc) is 3.47. The number of carbonyl (C=O) groups is 1. The number of amides is 1. The van der Waals surface area contributed by atoms with Gasteiger partial charge in [0.05, 0.1) is 17.2 Å². The zero-order valence-corrected chi connectivity index (χ0v) is 22.2. The van der Waals surface area contributed by atoms with Crippen molar-refractivity contribution in [2.24, 2.45) is 7.05 Å². The van der Waals surface area contributed by atoms with Gasteiger partial charge in [-0.2, -0.15) is 10.1 Å². The number of nitrogens with zero attached hydrogens (tertiary/aromatic N) is 5. The van der Waals surface area contributed by atoms with Gasteiger partial charge >= 0.3 is 6.01 Å². The summed E-state index contributed by atoms with van der Waals surface area (Å²) in [7, 11) is 1.72. The average molecular weight is 534 g/mol. The fourth-order valence-corrected chi connectivity index (χ4v) is 5.78. The normalized spacial score (nSPS) is 23.5. The number of piperazine rings is 1. The van der Waals surface area contributed by atoms with Gasteiger partial charge in [-0.15, -0.1) is 0 Å². The molecule has 39 heavy (non-hydrogen) atoms. The zero-order valence-electron chi connectivity index (χ0n) is 22.2. The van der Waals surface area contributed by atoms with Crippen molar-refractivity contribution in [2.75, 3.05) is 23.3 Å². The van der Waals surface area contributed by atoms with Crippen LogP contribution in [0.2, 0.25) is 0 Å². The molecule has 1 saturated carbocycles. The van der Waals surface area contributed by atoms with Gasteiger partial charge < -0.3 is 25.4 Å². The Hall–Kier alpha value is -3.83. The van der Waals surface area contributed by atoms with Gasteiger partial charge in [0.15, 0.2) is 5.82 Å². The summed E-state index contributed by atoms with van der Waals surface area (Å²) < 4.78 is 22.2. The number of anilines is 2. The summed E-state index contributed by atoms with van der Waals surface area (Å²) in [6.45, 7) is 5.88. The maximum Gasteiger partial charge on any atom is 0.317 e. The van der Waals surface area contributed by atoms with Crippen molar-refractivity contribution in [3.05, 3.63) is 48.0 Å². The van der Waals surface area contributed by atoms with Crippen LogP contribution in [0.3, 0.4) is 0 Å². The fraction of sp³-hybridized carbons (Fsp3) is 0.429. The SMILES string of the molecule is C[C@H]1CN(c2ccc(C(=O)Nc3cc(F)c4nn(C)cc4c3)c3nc(OC4CCC(O)C4)ncc23)C[C@H](C)N1. The Morgan fingerprint density at radius 2 is 1.97 bits per heavy atom. The van der Waals surface area contributed by atoms with Crippen LogP contribution < -0.4 is 20.3 Å². The Balaban J connectivity index is 1.38.